The van der Waals surface area contributed by atoms with E-state index >= 15 is 8.78 Å². The first-order valence-electron chi connectivity index (χ1n) is 24.6. The van der Waals surface area contributed by atoms with Crippen molar-refractivity contribution in [2.75, 3.05) is 49.5 Å². The van der Waals surface area contributed by atoms with Gasteiger partial charge in [-0.1, -0.05) is 19.4 Å². The fourth-order valence-corrected chi connectivity index (χ4v) is 12.1. The number of rotatable bonds is 15. The van der Waals surface area contributed by atoms with E-state index in [-0.39, 0.29) is 39.5 Å². The molecule has 0 radical (unpaired) electrons. The lowest BCUT2D eigenvalue weighted by Gasteiger charge is -2.39. The first kappa shape index (κ1) is 51.6. The van der Waals surface area contributed by atoms with Gasteiger partial charge < -0.3 is 30.2 Å². The molecule has 0 atom stereocenters. The largest absolute Gasteiger partial charge is 0.455 e. The number of aromatic amines is 1. The van der Waals surface area contributed by atoms with Gasteiger partial charge in [-0.3, -0.25) is 19.8 Å². The molecule has 0 spiro atoms. The molecule has 2 fully saturated rings. The van der Waals surface area contributed by atoms with E-state index in [0.29, 0.717) is 62.5 Å². The Kier molecular flexibility index (Phi) is 14.3. The average molecular weight is 1040 g/mol. The van der Waals surface area contributed by atoms with Gasteiger partial charge in [-0.2, -0.15) is 0 Å². The highest BCUT2D eigenvalue weighted by atomic mass is 32.2. The SMILES string of the molecule is CC1(C)CCC(CN2CCN(c3ccc(C(=O)NS(=O)(=O)c4ccc(NCC5CCC(C)(O)CC5)c([N+](=O)[O-])c4)c(Oc4cnc5[nH]ccc5c4)c3)CC2)=C(c2cc(-c3c(F)cc(C(C)(C)O)cc3F)cs2)C1. The van der Waals surface area contributed by atoms with Gasteiger partial charge in [0.25, 0.3) is 21.6 Å². The molecule has 0 unspecified atom stereocenters. The number of piperazine rings is 1. The Labute approximate surface area is 427 Å². The third kappa shape index (κ3) is 11.8. The molecule has 3 aromatic heterocycles. The van der Waals surface area contributed by atoms with Gasteiger partial charge in [0.05, 0.1) is 38.3 Å². The molecule has 386 valence electrons. The number of anilines is 2. The second kappa shape index (κ2) is 20.2. The molecular weight excluding hydrogens is 977 g/mol. The number of amides is 1. The van der Waals surface area contributed by atoms with Gasteiger partial charge in [0.15, 0.2) is 0 Å². The predicted molar refractivity (Wildman–Crippen MR) is 280 cm³/mol. The molecule has 4 heterocycles. The highest BCUT2D eigenvalue weighted by Gasteiger charge is 2.33. The summed E-state index contributed by atoms with van der Waals surface area (Å²) in [6.45, 7) is 13.1. The molecule has 6 aromatic rings. The zero-order valence-corrected chi connectivity index (χ0v) is 43.2. The molecule has 2 aliphatic carbocycles. The molecule has 1 saturated heterocycles. The summed E-state index contributed by atoms with van der Waals surface area (Å²) in [6.07, 6.45) is 8.64. The van der Waals surface area contributed by atoms with Gasteiger partial charge in [-0.25, -0.2) is 26.9 Å². The van der Waals surface area contributed by atoms with Crippen LogP contribution >= 0.6 is 11.3 Å². The fourth-order valence-electron chi connectivity index (χ4n) is 10.1. The number of allylic oxidation sites excluding steroid dienone is 1. The van der Waals surface area contributed by atoms with Crippen LogP contribution in [0.4, 0.5) is 25.8 Å². The molecule has 15 nitrogen and oxygen atoms in total. The Bertz CT molecular complexity index is 3190. The van der Waals surface area contributed by atoms with Crippen molar-refractivity contribution in [1.29, 1.82) is 0 Å². The summed E-state index contributed by atoms with van der Waals surface area (Å²) in [7, 11) is -4.63. The van der Waals surface area contributed by atoms with Crippen LogP contribution in [0.1, 0.15) is 100 Å². The first-order valence-corrected chi connectivity index (χ1v) is 26.9. The number of sulfonamides is 1. The van der Waals surface area contributed by atoms with Crippen LogP contribution in [0.15, 0.2) is 95.0 Å². The Hall–Kier alpha value is -6.25. The average Bonchev–Trinajstić information content (AvgIpc) is 4.01. The number of nitro benzene ring substituents is 1. The van der Waals surface area contributed by atoms with Gasteiger partial charge in [-0.05, 0) is 154 Å². The zero-order valence-electron chi connectivity index (χ0n) is 41.6. The molecule has 19 heteroatoms. The van der Waals surface area contributed by atoms with Gasteiger partial charge in [0.1, 0.15) is 34.5 Å². The van der Waals surface area contributed by atoms with Crippen LogP contribution in [0.5, 0.6) is 11.5 Å². The van der Waals surface area contributed by atoms with E-state index in [0.717, 1.165) is 60.7 Å². The van der Waals surface area contributed by atoms with E-state index in [4.69, 9.17) is 4.74 Å². The lowest BCUT2D eigenvalue weighted by atomic mass is 9.73. The summed E-state index contributed by atoms with van der Waals surface area (Å²) in [6, 6.07) is 16.2. The Morgan fingerprint density at radius 2 is 1.73 bits per heavy atom. The van der Waals surface area contributed by atoms with Crippen molar-refractivity contribution >= 4 is 60.9 Å². The van der Waals surface area contributed by atoms with Gasteiger partial charge in [-0.15, -0.1) is 11.3 Å². The van der Waals surface area contributed by atoms with E-state index in [1.807, 2.05) is 12.1 Å². The minimum Gasteiger partial charge on any atom is -0.455 e. The highest BCUT2D eigenvalue weighted by molar-refractivity contribution is 7.90. The molecule has 3 aliphatic rings. The minimum absolute atomic E-state index is 0.0351. The van der Waals surface area contributed by atoms with Crippen LogP contribution in [0.3, 0.4) is 0 Å². The van der Waals surface area contributed by atoms with Crippen LogP contribution in [-0.2, 0) is 15.6 Å². The van der Waals surface area contributed by atoms with Crippen molar-refractivity contribution in [2.24, 2.45) is 11.3 Å². The molecule has 1 amide bonds. The number of nitrogens with zero attached hydrogens (tertiary/aromatic N) is 4. The van der Waals surface area contributed by atoms with Crippen LogP contribution in [0, 0.1) is 33.1 Å². The Morgan fingerprint density at radius 3 is 2.42 bits per heavy atom. The van der Waals surface area contributed by atoms with Crippen LogP contribution in [-0.4, -0.2) is 89.2 Å². The van der Waals surface area contributed by atoms with Crippen molar-refractivity contribution in [2.45, 2.75) is 95.7 Å². The third-order valence-electron chi connectivity index (χ3n) is 14.6. The summed E-state index contributed by atoms with van der Waals surface area (Å²) in [5, 5.41) is 38.6. The van der Waals surface area contributed by atoms with Crippen LogP contribution < -0.4 is 19.7 Å². The molecule has 1 aliphatic heterocycles. The van der Waals surface area contributed by atoms with E-state index in [9.17, 15) is 33.5 Å². The summed E-state index contributed by atoms with van der Waals surface area (Å²) in [4.78, 5) is 38.1. The van der Waals surface area contributed by atoms with E-state index in [2.05, 4.69) is 43.7 Å². The summed E-state index contributed by atoms with van der Waals surface area (Å²) in [5.41, 5.74) is 1.88. The van der Waals surface area contributed by atoms with E-state index in [1.165, 1.54) is 72.9 Å². The molecule has 9 rings (SSSR count). The number of nitrogens with one attached hydrogen (secondary N) is 3. The maximum absolute atomic E-state index is 15.4. The smallest absolute Gasteiger partial charge is 0.293 e. The van der Waals surface area contributed by atoms with Gasteiger partial charge in [0.2, 0.25) is 0 Å². The number of aromatic nitrogens is 2. The van der Waals surface area contributed by atoms with Crippen molar-refractivity contribution in [3.05, 3.63) is 128 Å². The summed E-state index contributed by atoms with van der Waals surface area (Å²) in [5.74, 6) is -1.89. The predicted octanol–water partition coefficient (Wildman–Crippen LogP) is 10.8. The summed E-state index contributed by atoms with van der Waals surface area (Å²) < 4.78 is 66.9. The quantitative estimate of drug-likeness (QED) is 0.0482. The minimum atomic E-state index is -4.63. The number of fused-ring (bicyclic) bond motifs is 1. The van der Waals surface area contributed by atoms with Crippen LogP contribution in [0.2, 0.25) is 0 Å². The maximum Gasteiger partial charge on any atom is 0.293 e. The molecule has 73 heavy (non-hydrogen) atoms. The normalized spacial score (nSPS) is 19.8. The number of ether oxygens (including phenoxy) is 1. The zero-order chi connectivity index (χ0) is 52.0. The molecule has 5 N–H and O–H groups in total. The Morgan fingerprint density at radius 1 is 1.00 bits per heavy atom. The highest BCUT2D eigenvalue weighted by Crippen LogP contribution is 2.46. The molecular formula is C54H61F2N7O8S2. The number of carbonyl (C=O) groups excluding carboxylic acids is 1. The van der Waals surface area contributed by atoms with Crippen molar-refractivity contribution in [1.82, 2.24) is 19.6 Å². The van der Waals surface area contributed by atoms with Gasteiger partial charge in [0, 0.05) is 73.5 Å². The molecule has 3 aromatic carbocycles. The second-order valence-electron chi connectivity index (χ2n) is 21.3. The number of H-pyrrole nitrogens is 1. The summed E-state index contributed by atoms with van der Waals surface area (Å²) >= 11 is 1.48. The van der Waals surface area contributed by atoms with E-state index in [1.54, 1.807) is 36.7 Å². The number of carbonyl (C=O) groups is 1. The monoisotopic (exact) mass is 1040 g/mol. The standard InChI is InChI=1S/C54H61F2N7O8S2/c1-52(2)14-12-35(42(28-52)48-23-36(32-72-48)49-43(55)24-37(25-44(49)56)53(3,4)65)31-61-18-20-62(21-19-61)38-6-8-41(47(26-38)71-39-22-34-13-17-57-50(34)59-30-39)51(64)60-73(69,70)40-7-9-45(46(27-40)63(67)68)58-29-33-10-15-54(5,66)16-11-33/h6-9,13,17,22-27,30,32-33,58,65-66H,10-12,14-16,18-21,28-29,31H2,1-5H3,(H,57,59)(H,60,64). The number of halogens is 2. The number of hydrogen-bond donors (Lipinski definition) is 5. The Balaban J connectivity index is 0.917. The number of nitro groups is 1. The first-order chi connectivity index (χ1) is 34.5. The van der Waals surface area contributed by atoms with Crippen molar-refractivity contribution < 1.29 is 41.9 Å². The van der Waals surface area contributed by atoms with Gasteiger partial charge >= 0.3 is 0 Å². The number of benzene rings is 3. The van der Waals surface area contributed by atoms with Crippen molar-refractivity contribution in [3.8, 4) is 22.6 Å². The second-order valence-corrected chi connectivity index (χ2v) is 23.9. The lowest BCUT2D eigenvalue weighted by Crippen LogP contribution is -2.47. The fraction of sp³-hybridized carbons (Fsp3) is 0.407. The number of hydrogen-bond acceptors (Lipinski definition) is 13. The molecule has 1 saturated carbocycles. The number of thiophene rings is 1. The number of aliphatic hydroxyl groups is 2. The van der Waals surface area contributed by atoms with Crippen LogP contribution in [0.25, 0.3) is 27.7 Å². The molecule has 0 bridgehead atoms. The topological polar surface area (TPSA) is 203 Å². The van der Waals surface area contributed by atoms with E-state index < -0.39 is 54.3 Å². The van der Waals surface area contributed by atoms with Crippen molar-refractivity contribution in [3.63, 3.8) is 0 Å². The maximum atomic E-state index is 15.4. The lowest BCUT2D eigenvalue weighted by molar-refractivity contribution is -0.384. The third-order valence-corrected chi connectivity index (χ3v) is 16.9. The number of pyridine rings is 1.